The number of sulfonamides is 1. The van der Waals surface area contributed by atoms with Crippen LogP contribution in [0.1, 0.15) is 30.4 Å². The summed E-state index contributed by atoms with van der Waals surface area (Å²) in [5, 5.41) is 0. The molecule has 0 radical (unpaired) electrons. The molecular formula is C14H22N2O3S. The zero-order chi connectivity index (χ0) is 14.6. The molecule has 1 aliphatic rings. The molecule has 0 amide bonds. The molecule has 1 saturated heterocycles. The van der Waals surface area contributed by atoms with Crippen molar-refractivity contribution >= 4 is 10.0 Å². The molecule has 1 aliphatic heterocycles. The molecule has 112 valence electrons. The second-order valence-corrected chi connectivity index (χ2v) is 6.90. The number of ether oxygens (including phenoxy) is 1. The minimum absolute atomic E-state index is 0.0112. The monoisotopic (exact) mass is 298 g/mol. The summed E-state index contributed by atoms with van der Waals surface area (Å²) in [6.45, 7) is 3.33. The maximum atomic E-state index is 12.2. The van der Waals surface area contributed by atoms with E-state index in [-0.39, 0.29) is 11.0 Å². The van der Waals surface area contributed by atoms with Crippen LogP contribution in [0, 0.1) is 6.92 Å². The van der Waals surface area contributed by atoms with Crippen LogP contribution in [0.4, 0.5) is 0 Å². The first-order valence-electron chi connectivity index (χ1n) is 6.94. The Hall–Kier alpha value is -0.950. The minimum Gasteiger partial charge on any atom is -0.377 e. The highest BCUT2D eigenvalue weighted by Gasteiger charge is 2.19. The summed E-state index contributed by atoms with van der Waals surface area (Å²) in [4.78, 5) is 0.281. The first-order valence-corrected chi connectivity index (χ1v) is 8.42. The Balaban J connectivity index is 2.04. The molecule has 1 aromatic rings. The third-order valence-electron chi connectivity index (χ3n) is 3.62. The highest BCUT2D eigenvalue weighted by molar-refractivity contribution is 7.89. The van der Waals surface area contributed by atoms with Gasteiger partial charge in [-0.15, -0.1) is 0 Å². The van der Waals surface area contributed by atoms with Gasteiger partial charge < -0.3 is 10.5 Å². The number of aryl methyl sites for hydroxylation is 1. The summed E-state index contributed by atoms with van der Waals surface area (Å²) in [7, 11) is -3.48. The first kappa shape index (κ1) is 15.4. The molecule has 0 aromatic heterocycles. The zero-order valence-corrected chi connectivity index (χ0v) is 12.6. The van der Waals surface area contributed by atoms with Crippen LogP contribution >= 0.6 is 0 Å². The fourth-order valence-corrected chi connectivity index (χ4v) is 3.47. The maximum Gasteiger partial charge on any atom is 0.240 e. The standard InChI is InChI=1S/C14H22N2O3S/c1-11-8-14(6-5-12(11)9-15)20(17,18)16-10-13-4-2-3-7-19-13/h5-6,8,13,16H,2-4,7,9-10,15H2,1H3. The molecule has 0 spiro atoms. The zero-order valence-electron chi connectivity index (χ0n) is 11.8. The number of nitrogens with two attached hydrogens (primary N) is 1. The van der Waals surface area contributed by atoms with E-state index in [2.05, 4.69) is 4.72 Å². The minimum atomic E-state index is -3.48. The summed E-state index contributed by atoms with van der Waals surface area (Å²) in [6.07, 6.45) is 3.05. The third kappa shape index (κ3) is 3.79. The molecule has 20 heavy (non-hydrogen) atoms. The van der Waals surface area contributed by atoms with Crippen molar-refractivity contribution in [3.05, 3.63) is 29.3 Å². The lowest BCUT2D eigenvalue weighted by Gasteiger charge is -2.22. The van der Waals surface area contributed by atoms with Crippen LogP contribution in [0.2, 0.25) is 0 Å². The summed E-state index contributed by atoms with van der Waals surface area (Å²) >= 11 is 0. The molecule has 0 bridgehead atoms. The summed E-state index contributed by atoms with van der Waals surface area (Å²) in [6, 6.07) is 5.02. The fraction of sp³-hybridized carbons (Fsp3) is 0.571. The summed E-state index contributed by atoms with van der Waals surface area (Å²) in [5.41, 5.74) is 7.44. The Morgan fingerprint density at radius 1 is 1.40 bits per heavy atom. The van der Waals surface area contributed by atoms with E-state index in [9.17, 15) is 8.42 Å². The lowest BCUT2D eigenvalue weighted by atomic mass is 10.1. The van der Waals surface area contributed by atoms with E-state index < -0.39 is 10.0 Å². The summed E-state index contributed by atoms with van der Waals surface area (Å²) in [5.74, 6) is 0. The van der Waals surface area contributed by atoms with E-state index in [1.807, 2.05) is 6.92 Å². The number of hydrogen-bond donors (Lipinski definition) is 2. The van der Waals surface area contributed by atoms with Crippen molar-refractivity contribution in [1.29, 1.82) is 0 Å². The van der Waals surface area contributed by atoms with E-state index in [1.54, 1.807) is 18.2 Å². The number of rotatable bonds is 5. The highest BCUT2D eigenvalue weighted by atomic mass is 32.2. The van der Waals surface area contributed by atoms with Crippen molar-refractivity contribution in [2.24, 2.45) is 5.73 Å². The molecule has 6 heteroatoms. The van der Waals surface area contributed by atoms with Crippen molar-refractivity contribution in [1.82, 2.24) is 4.72 Å². The van der Waals surface area contributed by atoms with Crippen LogP contribution in [0.25, 0.3) is 0 Å². The van der Waals surface area contributed by atoms with Gasteiger partial charge in [0.25, 0.3) is 0 Å². The van der Waals surface area contributed by atoms with E-state index >= 15 is 0 Å². The lowest BCUT2D eigenvalue weighted by Crippen LogP contribution is -2.35. The number of nitrogens with one attached hydrogen (secondary N) is 1. The molecular weight excluding hydrogens is 276 g/mol. The normalized spacial score (nSPS) is 20.0. The molecule has 1 heterocycles. The van der Waals surface area contributed by atoms with Gasteiger partial charge in [-0.1, -0.05) is 6.07 Å². The molecule has 5 nitrogen and oxygen atoms in total. The molecule has 0 aliphatic carbocycles. The van der Waals surface area contributed by atoms with E-state index in [0.717, 1.165) is 37.0 Å². The van der Waals surface area contributed by atoms with Gasteiger partial charge in [-0.25, -0.2) is 13.1 Å². The van der Waals surface area contributed by atoms with E-state index in [0.29, 0.717) is 13.1 Å². The molecule has 3 N–H and O–H groups in total. The van der Waals surface area contributed by atoms with Gasteiger partial charge in [-0.2, -0.15) is 0 Å². The van der Waals surface area contributed by atoms with Gasteiger partial charge in [0.1, 0.15) is 0 Å². The Kier molecular flexibility index (Phi) is 5.15. The Bertz CT molecular complexity index is 552. The van der Waals surface area contributed by atoms with Crippen molar-refractivity contribution in [2.45, 2.75) is 43.7 Å². The van der Waals surface area contributed by atoms with Crippen LogP contribution in [-0.4, -0.2) is 27.7 Å². The molecule has 1 fully saturated rings. The SMILES string of the molecule is Cc1cc(S(=O)(=O)NCC2CCCCO2)ccc1CN. The van der Waals surface area contributed by atoms with E-state index in [4.69, 9.17) is 10.5 Å². The first-order chi connectivity index (χ1) is 9.53. The van der Waals surface area contributed by atoms with Crippen molar-refractivity contribution in [3.8, 4) is 0 Å². The molecule has 0 saturated carbocycles. The lowest BCUT2D eigenvalue weighted by molar-refractivity contribution is 0.0200. The molecule has 2 rings (SSSR count). The van der Waals surface area contributed by atoms with Crippen molar-refractivity contribution < 1.29 is 13.2 Å². The van der Waals surface area contributed by atoms with Crippen LogP contribution < -0.4 is 10.5 Å². The van der Waals surface area contributed by atoms with Gasteiger partial charge in [-0.05, 0) is 49.4 Å². The number of hydrogen-bond acceptors (Lipinski definition) is 4. The molecule has 1 atom stereocenters. The number of benzene rings is 1. The van der Waals surface area contributed by atoms with Crippen LogP contribution in [0.3, 0.4) is 0 Å². The van der Waals surface area contributed by atoms with Crippen molar-refractivity contribution in [2.75, 3.05) is 13.2 Å². The van der Waals surface area contributed by atoms with Gasteiger partial charge in [0.05, 0.1) is 11.0 Å². The highest BCUT2D eigenvalue weighted by Crippen LogP contribution is 2.16. The second kappa shape index (κ2) is 6.67. The Morgan fingerprint density at radius 3 is 2.80 bits per heavy atom. The third-order valence-corrected chi connectivity index (χ3v) is 5.04. The van der Waals surface area contributed by atoms with Gasteiger partial charge in [0.2, 0.25) is 10.0 Å². The molecule has 1 unspecified atom stereocenters. The average Bonchev–Trinajstić information content (AvgIpc) is 2.46. The predicted octanol–water partition coefficient (Wildman–Crippen LogP) is 1.30. The van der Waals surface area contributed by atoms with Crippen LogP contribution in [0.15, 0.2) is 23.1 Å². The van der Waals surface area contributed by atoms with Gasteiger partial charge >= 0.3 is 0 Å². The van der Waals surface area contributed by atoms with E-state index in [1.165, 1.54) is 0 Å². The smallest absolute Gasteiger partial charge is 0.240 e. The van der Waals surface area contributed by atoms with Gasteiger partial charge in [0.15, 0.2) is 0 Å². The fourth-order valence-electron chi connectivity index (χ4n) is 2.32. The quantitative estimate of drug-likeness (QED) is 0.858. The van der Waals surface area contributed by atoms with Gasteiger partial charge in [-0.3, -0.25) is 0 Å². The largest absolute Gasteiger partial charge is 0.377 e. The second-order valence-electron chi connectivity index (χ2n) is 5.13. The van der Waals surface area contributed by atoms with Crippen molar-refractivity contribution in [3.63, 3.8) is 0 Å². The van der Waals surface area contributed by atoms with Crippen LogP contribution in [-0.2, 0) is 21.3 Å². The van der Waals surface area contributed by atoms with Crippen LogP contribution in [0.5, 0.6) is 0 Å². The maximum absolute atomic E-state index is 12.2. The van der Waals surface area contributed by atoms with Gasteiger partial charge in [0, 0.05) is 19.7 Å². The predicted molar refractivity (Wildman–Crippen MR) is 77.8 cm³/mol. The Labute approximate surface area is 120 Å². The topological polar surface area (TPSA) is 81.4 Å². The summed E-state index contributed by atoms with van der Waals surface area (Å²) < 4.78 is 32.6. The average molecular weight is 298 g/mol. The Morgan fingerprint density at radius 2 is 2.20 bits per heavy atom. The molecule has 1 aromatic carbocycles.